The number of nitrogens with zero attached hydrogens (tertiary/aromatic N) is 1. The molecule has 0 saturated carbocycles. The van der Waals surface area contributed by atoms with Crippen molar-refractivity contribution in [1.29, 1.82) is 0 Å². The highest BCUT2D eigenvalue weighted by molar-refractivity contribution is 6.30. The van der Waals surface area contributed by atoms with Gasteiger partial charge in [0.25, 0.3) is 0 Å². The topological polar surface area (TPSA) is 12.5 Å². The zero-order valence-electron chi connectivity index (χ0n) is 15.8. The summed E-state index contributed by atoms with van der Waals surface area (Å²) >= 11 is 5.94. The van der Waals surface area contributed by atoms with Crippen molar-refractivity contribution in [2.45, 2.75) is 32.1 Å². The molecule has 5 rings (SSSR count). The normalized spacial score (nSPS) is 23.7. The maximum absolute atomic E-state index is 6.01. The van der Waals surface area contributed by atoms with Gasteiger partial charge in [0, 0.05) is 11.6 Å². The first-order valence-corrected chi connectivity index (χ1v) is 10.3. The van der Waals surface area contributed by atoms with E-state index in [1.807, 2.05) is 12.1 Å². The van der Waals surface area contributed by atoms with Gasteiger partial charge in [0.15, 0.2) is 0 Å². The van der Waals surface area contributed by atoms with Gasteiger partial charge in [-0.2, -0.15) is 0 Å². The number of hydrogen-bond acceptors (Lipinski definition) is 2. The Morgan fingerprint density at radius 1 is 0.889 bits per heavy atom. The lowest BCUT2D eigenvalue weighted by Crippen LogP contribution is -2.47. The van der Waals surface area contributed by atoms with Gasteiger partial charge in [-0.3, -0.25) is 0 Å². The van der Waals surface area contributed by atoms with E-state index in [0.29, 0.717) is 0 Å². The first kappa shape index (κ1) is 20.5. The van der Waals surface area contributed by atoms with Gasteiger partial charge in [-0.05, 0) is 92.4 Å². The van der Waals surface area contributed by atoms with E-state index in [1.165, 1.54) is 50.0 Å². The molecule has 3 aliphatic heterocycles. The van der Waals surface area contributed by atoms with Crippen LogP contribution < -0.4 is 4.74 Å². The standard InChI is InChI=1S/C23H28ClNO.ClH/c24-22-7-3-18(4-8-22)1-2-19-5-9-23(10-6-19)26-16-13-21-17-25-14-11-20(21)12-15-25;/h3-10,20-21H,1-2,11-17H2;1H. The minimum atomic E-state index is 0. The molecular formula is C23H29Cl2NO. The molecule has 3 heterocycles. The lowest BCUT2D eigenvalue weighted by atomic mass is 9.78. The van der Waals surface area contributed by atoms with Crippen molar-refractivity contribution in [3.05, 3.63) is 64.7 Å². The Kier molecular flexibility index (Phi) is 7.46. The van der Waals surface area contributed by atoms with E-state index in [9.17, 15) is 0 Å². The highest BCUT2D eigenvalue weighted by Gasteiger charge is 2.33. The van der Waals surface area contributed by atoms with Gasteiger partial charge < -0.3 is 9.64 Å². The van der Waals surface area contributed by atoms with Crippen LogP contribution in [-0.2, 0) is 12.8 Å². The molecule has 0 N–H and O–H groups in total. The summed E-state index contributed by atoms with van der Waals surface area (Å²) in [5.41, 5.74) is 2.68. The third kappa shape index (κ3) is 5.63. The molecule has 27 heavy (non-hydrogen) atoms. The van der Waals surface area contributed by atoms with E-state index in [-0.39, 0.29) is 12.4 Å². The van der Waals surface area contributed by atoms with Crippen molar-refractivity contribution in [1.82, 2.24) is 4.90 Å². The first-order chi connectivity index (χ1) is 12.8. The highest BCUT2D eigenvalue weighted by atomic mass is 35.5. The fourth-order valence-electron chi connectivity index (χ4n) is 4.43. The minimum Gasteiger partial charge on any atom is -0.494 e. The van der Waals surface area contributed by atoms with E-state index < -0.39 is 0 Å². The van der Waals surface area contributed by atoms with Crippen molar-refractivity contribution in [2.75, 3.05) is 26.2 Å². The molecule has 2 nitrogen and oxygen atoms in total. The number of benzene rings is 2. The second kappa shape index (κ2) is 9.82. The maximum Gasteiger partial charge on any atom is 0.119 e. The molecule has 0 amide bonds. The Balaban J connectivity index is 0.00000210. The van der Waals surface area contributed by atoms with Crippen molar-refractivity contribution in [3.63, 3.8) is 0 Å². The fourth-order valence-corrected chi connectivity index (χ4v) is 4.56. The molecule has 0 aromatic heterocycles. The smallest absolute Gasteiger partial charge is 0.119 e. The summed E-state index contributed by atoms with van der Waals surface area (Å²) in [7, 11) is 0. The highest BCUT2D eigenvalue weighted by Crippen LogP contribution is 2.34. The Bertz CT molecular complexity index is 693. The molecule has 2 aromatic rings. The van der Waals surface area contributed by atoms with Crippen LogP contribution in [0.15, 0.2) is 48.5 Å². The summed E-state index contributed by atoms with van der Waals surface area (Å²) in [6, 6.07) is 16.8. The van der Waals surface area contributed by atoms with E-state index in [1.54, 1.807) is 0 Å². The summed E-state index contributed by atoms with van der Waals surface area (Å²) in [5.74, 6) is 2.79. The molecule has 4 heteroatoms. The quantitative estimate of drug-likeness (QED) is 0.589. The summed E-state index contributed by atoms with van der Waals surface area (Å²) in [4.78, 5) is 2.63. The van der Waals surface area contributed by atoms with E-state index in [4.69, 9.17) is 16.3 Å². The van der Waals surface area contributed by atoms with E-state index in [2.05, 4.69) is 41.3 Å². The number of rotatable bonds is 7. The van der Waals surface area contributed by atoms with Crippen LogP contribution in [0.5, 0.6) is 5.75 Å². The second-order valence-corrected chi connectivity index (χ2v) is 8.24. The van der Waals surface area contributed by atoms with Gasteiger partial charge in [-0.1, -0.05) is 35.9 Å². The van der Waals surface area contributed by atoms with Gasteiger partial charge in [-0.25, -0.2) is 0 Å². The predicted molar refractivity (Wildman–Crippen MR) is 115 cm³/mol. The molecule has 146 valence electrons. The zero-order chi connectivity index (χ0) is 17.8. The molecular weight excluding hydrogens is 377 g/mol. The largest absolute Gasteiger partial charge is 0.494 e. The Morgan fingerprint density at radius 2 is 1.48 bits per heavy atom. The van der Waals surface area contributed by atoms with Crippen molar-refractivity contribution >= 4 is 24.0 Å². The number of fused-ring (bicyclic) bond motifs is 3. The Morgan fingerprint density at radius 3 is 2.04 bits per heavy atom. The molecule has 1 atom stereocenters. The third-order valence-electron chi connectivity index (χ3n) is 6.09. The van der Waals surface area contributed by atoms with E-state index in [0.717, 1.165) is 42.1 Å². The molecule has 3 aliphatic rings. The van der Waals surface area contributed by atoms with Crippen molar-refractivity contribution in [2.24, 2.45) is 11.8 Å². The predicted octanol–water partition coefficient (Wildman–Crippen LogP) is 5.66. The average Bonchev–Trinajstić information content (AvgIpc) is 2.70. The summed E-state index contributed by atoms with van der Waals surface area (Å²) < 4.78 is 6.01. The minimum absolute atomic E-state index is 0. The second-order valence-electron chi connectivity index (χ2n) is 7.81. The molecule has 1 unspecified atom stereocenters. The molecule has 2 aromatic carbocycles. The molecule has 0 radical (unpaired) electrons. The lowest BCUT2D eigenvalue weighted by Gasteiger charge is -2.44. The van der Waals surface area contributed by atoms with Crippen LogP contribution in [0.25, 0.3) is 0 Å². The van der Waals surface area contributed by atoms with Crippen LogP contribution in [0.3, 0.4) is 0 Å². The van der Waals surface area contributed by atoms with Gasteiger partial charge in [0.05, 0.1) is 6.61 Å². The van der Waals surface area contributed by atoms with E-state index >= 15 is 0 Å². The Labute approximate surface area is 174 Å². The van der Waals surface area contributed by atoms with Crippen molar-refractivity contribution in [3.8, 4) is 5.75 Å². The van der Waals surface area contributed by atoms with Crippen LogP contribution >= 0.6 is 24.0 Å². The van der Waals surface area contributed by atoms with Crippen LogP contribution in [0.1, 0.15) is 30.4 Å². The number of halogens is 2. The first-order valence-electron chi connectivity index (χ1n) is 9.95. The van der Waals surface area contributed by atoms with Gasteiger partial charge in [-0.15, -0.1) is 12.4 Å². The third-order valence-corrected chi connectivity index (χ3v) is 6.34. The summed E-state index contributed by atoms with van der Waals surface area (Å²) in [5, 5.41) is 0.800. The van der Waals surface area contributed by atoms with Gasteiger partial charge >= 0.3 is 0 Å². The van der Waals surface area contributed by atoms with Crippen molar-refractivity contribution < 1.29 is 4.74 Å². The van der Waals surface area contributed by atoms with Crippen LogP contribution in [0, 0.1) is 11.8 Å². The Hall–Kier alpha value is -1.22. The number of aryl methyl sites for hydroxylation is 2. The number of ether oxygens (including phenoxy) is 1. The van der Waals surface area contributed by atoms with Gasteiger partial charge in [0.1, 0.15) is 5.75 Å². The summed E-state index contributed by atoms with van der Waals surface area (Å²) in [6.45, 7) is 4.77. The summed E-state index contributed by atoms with van der Waals surface area (Å²) in [6.07, 6.45) is 6.07. The molecule has 3 saturated heterocycles. The maximum atomic E-state index is 6.01. The van der Waals surface area contributed by atoms with Crippen LogP contribution in [-0.4, -0.2) is 31.1 Å². The van der Waals surface area contributed by atoms with Gasteiger partial charge in [0.2, 0.25) is 0 Å². The molecule has 2 bridgehead atoms. The number of hydrogen-bond donors (Lipinski definition) is 0. The lowest BCUT2D eigenvalue weighted by molar-refractivity contribution is 0.0397. The SMILES string of the molecule is Cl.Clc1ccc(CCc2ccc(OCCC3CN4CCC3CC4)cc2)cc1. The molecule has 3 fully saturated rings. The monoisotopic (exact) mass is 405 g/mol. The number of piperidine rings is 3. The molecule has 0 aliphatic carbocycles. The fraction of sp³-hybridized carbons (Fsp3) is 0.478. The zero-order valence-corrected chi connectivity index (χ0v) is 17.4. The average molecular weight is 406 g/mol. The van der Waals surface area contributed by atoms with Crippen LogP contribution in [0.4, 0.5) is 0 Å². The molecule has 0 spiro atoms. The van der Waals surface area contributed by atoms with Crippen LogP contribution in [0.2, 0.25) is 5.02 Å².